The lowest BCUT2D eigenvalue weighted by Gasteiger charge is -2.35. The van der Waals surface area contributed by atoms with E-state index in [2.05, 4.69) is 27.5 Å². The number of carbonyl (C=O) groups is 3. The van der Waals surface area contributed by atoms with Crippen molar-refractivity contribution in [3.63, 3.8) is 0 Å². The Labute approximate surface area is 242 Å². The van der Waals surface area contributed by atoms with Crippen molar-refractivity contribution in [1.82, 2.24) is 15.1 Å². The minimum Gasteiger partial charge on any atom is -0.458 e. The molecular formula is C31H44N4O6. The van der Waals surface area contributed by atoms with E-state index in [-0.39, 0.29) is 25.0 Å². The molecule has 0 unspecified atom stereocenters. The van der Waals surface area contributed by atoms with Crippen LogP contribution in [0.3, 0.4) is 0 Å². The highest BCUT2D eigenvalue weighted by Gasteiger charge is 2.57. The van der Waals surface area contributed by atoms with Crippen LogP contribution >= 0.6 is 0 Å². The van der Waals surface area contributed by atoms with Crippen molar-refractivity contribution in [2.24, 2.45) is 10.6 Å². The molecule has 41 heavy (non-hydrogen) atoms. The van der Waals surface area contributed by atoms with Crippen LogP contribution in [-0.2, 0) is 37.0 Å². The minimum atomic E-state index is -0.911. The molecule has 1 aliphatic carbocycles. The van der Waals surface area contributed by atoms with Crippen LogP contribution in [0.15, 0.2) is 29.4 Å². The number of amides is 2. The second kappa shape index (κ2) is 10.8. The molecule has 5 rings (SSSR count). The van der Waals surface area contributed by atoms with Crippen molar-refractivity contribution in [1.29, 1.82) is 0 Å². The maximum atomic E-state index is 14.2. The van der Waals surface area contributed by atoms with Gasteiger partial charge in [-0.25, -0.2) is 9.59 Å². The number of hydrogen-bond donors (Lipinski definition) is 1. The van der Waals surface area contributed by atoms with Gasteiger partial charge in [0.25, 0.3) is 0 Å². The monoisotopic (exact) mass is 568 g/mol. The fourth-order valence-electron chi connectivity index (χ4n) is 6.27. The van der Waals surface area contributed by atoms with E-state index in [0.717, 1.165) is 44.6 Å². The number of esters is 1. The second-order valence-electron chi connectivity index (χ2n) is 14.1. The number of amidine groups is 1. The molecule has 0 aromatic heterocycles. The molecule has 1 N–H and O–H groups in total. The number of oxime groups is 1. The first-order chi connectivity index (χ1) is 19.2. The Balaban J connectivity index is 1.34. The summed E-state index contributed by atoms with van der Waals surface area (Å²) in [5.74, 6) is -0.0437. The average Bonchev–Trinajstić information content (AvgIpc) is 3.67. The van der Waals surface area contributed by atoms with E-state index in [1.54, 1.807) is 20.8 Å². The molecule has 4 aliphatic rings. The Hall–Kier alpha value is -3.30. The number of likely N-dealkylation sites (tertiary alicyclic amines) is 1. The van der Waals surface area contributed by atoms with E-state index < -0.39 is 40.8 Å². The molecule has 2 fully saturated rings. The van der Waals surface area contributed by atoms with Crippen LogP contribution in [0.5, 0.6) is 0 Å². The topological polar surface area (TPSA) is 110 Å². The highest BCUT2D eigenvalue weighted by atomic mass is 16.7. The van der Waals surface area contributed by atoms with Gasteiger partial charge in [0, 0.05) is 19.5 Å². The molecule has 1 aromatic rings. The SMILES string of the molecule is CC(C)(C)OC(=O)[C@@H]1C[C@]2(CC(N3Cc4ccccc4C3)=NO2)CN1C(=O)[C@@H](NC(=O)OC1CCCC1)C(C)(C)C. The molecule has 3 aliphatic heterocycles. The van der Waals surface area contributed by atoms with Crippen LogP contribution in [0.25, 0.3) is 0 Å². The van der Waals surface area contributed by atoms with Crippen molar-refractivity contribution in [3.8, 4) is 0 Å². The predicted molar refractivity (Wildman–Crippen MR) is 153 cm³/mol. The maximum absolute atomic E-state index is 14.2. The van der Waals surface area contributed by atoms with Crippen LogP contribution in [-0.4, -0.2) is 69.5 Å². The number of ether oxygens (including phenoxy) is 2. The maximum Gasteiger partial charge on any atom is 0.408 e. The number of alkyl carbamates (subject to hydrolysis) is 1. The van der Waals surface area contributed by atoms with Gasteiger partial charge in [0.1, 0.15) is 29.6 Å². The third-order valence-corrected chi connectivity index (χ3v) is 8.34. The molecule has 2 amide bonds. The molecule has 10 nitrogen and oxygen atoms in total. The van der Waals surface area contributed by atoms with Crippen LogP contribution in [0, 0.1) is 5.41 Å². The van der Waals surface area contributed by atoms with Crippen LogP contribution in [0.4, 0.5) is 4.79 Å². The Morgan fingerprint density at radius 3 is 2.27 bits per heavy atom. The van der Waals surface area contributed by atoms with Crippen molar-refractivity contribution in [2.45, 2.75) is 123 Å². The number of hydrogen-bond acceptors (Lipinski definition) is 8. The fraction of sp³-hybridized carbons (Fsp3) is 0.677. The van der Waals surface area contributed by atoms with Gasteiger partial charge in [-0.15, -0.1) is 0 Å². The van der Waals surface area contributed by atoms with Gasteiger partial charge in [-0.3, -0.25) is 4.79 Å². The van der Waals surface area contributed by atoms with E-state index >= 15 is 0 Å². The Bertz CT molecular complexity index is 1190. The lowest BCUT2D eigenvalue weighted by molar-refractivity contribution is -0.164. The third kappa shape index (κ3) is 6.46. The number of nitrogens with one attached hydrogen (secondary N) is 1. The van der Waals surface area contributed by atoms with Crippen LogP contribution in [0.2, 0.25) is 0 Å². The largest absolute Gasteiger partial charge is 0.458 e. The first kappa shape index (κ1) is 29.2. The Kier molecular flexibility index (Phi) is 7.72. The van der Waals surface area contributed by atoms with Gasteiger partial charge in [0.2, 0.25) is 5.91 Å². The average molecular weight is 569 g/mol. The molecule has 1 spiro atoms. The molecule has 0 bridgehead atoms. The van der Waals surface area contributed by atoms with Crippen molar-refractivity contribution in [3.05, 3.63) is 35.4 Å². The van der Waals surface area contributed by atoms with Crippen molar-refractivity contribution < 1.29 is 28.7 Å². The first-order valence-electron chi connectivity index (χ1n) is 14.8. The van der Waals surface area contributed by atoms with E-state index in [9.17, 15) is 14.4 Å². The summed E-state index contributed by atoms with van der Waals surface area (Å²) >= 11 is 0. The highest BCUT2D eigenvalue weighted by Crippen LogP contribution is 2.41. The lowest BCUT2D eigenvalue weighted by Crippen LogP contribution is -2.57. The summed E-state index contributed by atoms with van der Waals surface area (Å²) < 4.78 is 11.4. The second-order valence-corrected chi connectivity index (χ2v) is 14.1. The minimum absolute atomic E-state index is 0.130. The zero-order chi connectivity index (χ0) is 29.6. The number of nitrogens with zero attached hydrogens (tertiary/aromatic N) is 3. The smallest absolute Gasteiger partial charge is 0.408 e. The molecule has 3 atom stereocenters. The normalized spacial score (nSPS) is 25.1. The molecular weight excluding hydrogens is 524 g/mol. The zero-order valence-corrected chi connectivity index (χ0v) is 25.2. The molecule has 0 radical (unpaired) electrons. The van der Waals surface area contributed by atoms with Crippen LogP contribution < -0.4 is 5.32 Å². The van der Waals surface area contributed by atoms with E-state index in [1.807, 2.05) is 32.9 Å². The summed E-state index contributed by atoms with van der Waals surface area (Å²) in [6.07, 6.45) is 3.71. The standard InChI is InChI=1S/C31H44N4O6/c1-29(2,3)25(32-28(38)39-22-13-9-10-14-22)26(36)35-19-31(15-23(35)27(37)40-30(4,5)6)16-24(33-41-31)34-17-20-11-7-8-12-21(20)18-34/h7-8,11-12,22-23,25H,9-10,13-19H2,1-6H3,(H,32,38)/t23-,25+,31-/m0/s1. The Morgan fingerprint density at radius 1 is 1.05 bits per heavy atom. The third-order valence-electron chi connectivity index (χ3n) is 8.34. The van der Waals surface area contributed by atoms with Gasteiger partial charge in [-0.2, -0.15) is 0 Å². The summed E-state index contributed by atoms with van der Waals surface area (Å²) in [6, 6.07) is 6.52. The molecule has 3 heterocycles. The van der Waals surface area contributed by atoms with E-state index in [0.29, 0.717) is 6.42 Å². The number of fused-ring (bicyclic) bond motifs is 1. The molecule has 10 heteroatoms. The summed E-state index contributed by atoms with van der Waals surface area (Å²) in [4.78, 5) is 50.4. The summed E-state index contributed by atoms with van der Waals surface area (Å²) in [6.45, 7) is 12.7. The highest BCUT2D eigenvalue weighted by molar-refractivity contribution is 5.92. The number of rotatable bonds is 4. The van der Waals surface area contributed by atoms with E-state index in [1.165, 1.54) is 16.0 Å². The molecule has 224 valence electrons. The summed E-state index contributed by atoms with van der Waals surface area (Å²) in [7, 11) is 0. The summed E-state index contributed by atoms with van der Waals surface area (Å²) in [5.41, 5.74) is 0.297. The predicted octanol–water partition coefficient (Wildman–Crippen LogP) is 4.50. The van der Waals surface area contributed by atoms with Gasteiger partial charge < -0.3 is 29.4 Å². The number of carbonyl (C=O) groups excluding carboxylic acids is 3. The molecule has 1 saturated carbocycles. The zero-order valence-electron chi connectivity index (χ0n) is 25.2. The first-order valence-corrected chi connectivity index (χ1v) is 14.8. The van der Waals surface area contributed by atoms with E-state index in [4.69, 9.17) is 14.3 Å². The van der Waals surface area contributed by atoms with Gasteiger partial charge in [0.15, 0.2) is 5.60 Å². The van der Waals surface area contributed by atoms with Gasteiger partial charge >= 0.3 is 12.1 Å². The summed E-state index contributed by atoms with van der Waals surface area (Å²) in [5, 5.41) is 7.29. The Morgan fingerprint density at radius 2 is 1.68 bits per heavy atom. The van der Waals surface area contributed by atoms with Gasteiger partial charge in [0.05, 0.1) is 13.0 Å². The van der Waals surface area contributed by atoms with Gasteiger partial charge in [-0.1, -0.05) is 50.2 Å². The molecule has 1 aromatic carbocycles. The fourth-order valence-corrected chi connectivity index (χ4v) is 6.27. The quantitative estimate of drug-likeness (QED) is 0.533. The molecule has 1 saturated heterocycles. The number of benzene rings is 1. The van der Waals surface area contributed by atoms with Crippen LogP contribution in [0.1, 0.15) is 91.2 Å². The van der Waals surface area contributed by atoms with Crippen molar-refractivity contribution >= 4 is 23.8 Å². The lowest BCUT2D eigenvalue weighted by atomic mass is 9.85. The van der Waals surface area contributed by atoms with Crippen molar-refractivity contribution in [2.75, 3.05) is 6.54 Å². The van der Waals surface area contributed by atoms with Gasteiger partial charge in [-0.05, 0) is 63.0 Å².